The van der Waals surface area contributed by atoms with E-state index in [2.05, 4.69) is 0 Å². The summed E-state index contributed by atoms with van der Waals surface area (Å²) in [5.41, 5.74) is 0. The zero-order chi connectivity index (χ0) is 11.9. The second-order valence-corrected chi connectivity index (χ2v) is 4.99. The first-order chi connectivity index (χ1) is 7.41. The Kier molecular flexibility index (Phi) is 2.40. The van der Waals surface area contributed by atoms with Crippen molar-refractivity contribution in [2.24, 2.45) is 11.8 Å². The quantitative estimate of drug-likeness (QED) is 0.525. The lowest BCUT2D eigenvalue weighted by Crippen LogP contribution is -2.35. The summed E-state index contributed by atoms with van der Waals surface area (Å²) < 4.78 is 31.1. The standard InChI is InChI=1S/C10H8O5S/c11-8-5-9(16(13,14)15)6-3-1-2-4-7(6)10(8)12/h1-7H,(H,13,14,15)/t6-,7+/m0/s1. The Morgan fingerprint density at radius 2 is 1.62 bits per heavy atom. The highest BCUT2D eigenvalue weighted by Gasteiger charge is 2.40. The fourth-order valence-electron chi connectivity index (χ4n) is 1.84. The summed E-state index contributed by atoms with van der Waals surface area (Å²) in [6, 6.07) is 0. The smallest absolute Gasteiger partial charge is 0.290 e. The molecule has 0 saturated carbocycles. The third-order valence-corrected chi connectivity index (χ3v) is 3.57. The molecule has 0 aromatic rings. The highest BCUT2D eigenvalue weighted by molar-refractivity contribution is 7.89. The lowest BCUT2D eigenvalue weighted by atomic mass is 9.80. The van der Waals surface area contributed by atoms with Crippen LogP contribution in [0, 0.1) is 11.8 Å². The van der Waals surface area contributed by atoms with Crippen LogP contribution >= 0.6 is 0 Å². The molecule has 0 aliphatic heterocycles. The lowest BCUT2D eigenvalue weighted by Gasteiger charge is -2.26. The summed E-state index contributed by atoms with van der Waals surface area (Å²) in [4.78, 5) is 22.3. The van der Waals surface area contributed by atoms with Crippen LogP contribution in [0.1, 0.15) is 0 Å². The van der Waals surface area contributed by atoms with E-state index in [-0.39, 0.29) is 0 Å². The molecule has 2 rings (SSSR count). The average molecular weight is 240 g/mol. The molecular formula is C10H8O5S. The number of Topliss-reactive ketones (excluding diaryl/α,β-unsaturated/α-hetero) is 1. The third-order valence-electron chi connectivity index (χ3n) is 2.58. The van der Waals surface area contributed by atoms with Crippen LogP contribution in [0.15, 0.2) is 35.3 Å². The van der Waals surface area contributed by atoms with Crippen molar-refractivity contribution in [3.05, 3.63) is 35.3 Å². The number of allylic oxidation sites excluding steroid dienone is 6. The molecule has 0 heterocycles. The molecule has 16 heavy (non-hydrogen) atoms. The van der Waals surface area contributed by atoms with Crippen molar-refractivity contribution in [2.75, 3.05) is 0 Å². The topological polar surface area (TPSA) is 88.5 Å². The van der Waals surface area contributed by atoms with Gasteiger partial charge >= 0.3 is 0 Å². The van der Waals surface area contributed by atoms with E-state index in [1.807, 2.05) is 0 Å². The number of carbonyl (C=O) groups is 2. The maximum Gasteiger partial charge on any atom is 0.291 e. The van der Waals surface area contributed by atoms with E-state index in [0.29, 0.717) is 6.08 Å². The SMILES string of the molecule is O=C1C=C(S(=O)(=O)O)[C@H]2C=CC=C[C@H]2C1=O. The van der Waals surface area contributed by atoms with Gasteiger partial charge in [-0.15, -0.1) is 0 Å². The molecule has 6 heteroatoms. The van der Waals surface area contributed by atoms with E-state index >= 15 is 0 Å². The third kappa shape index (κ3) is 1.66. The maximum absolute atomic E-state index is 11.5. The zero-order valence-corrected chi connectivity index (χ0v) is 8.85. The Hall–Kier alpha value is -1.53. The summed E-state index contributed by atoms with van der Waals surface area (Å²) in [7, 11) is -4.45. The van der Waals surface area contributed by atoms with Gasteiger partial charge in [0.15, 0.2) is 0 Å². The minimum absolute atomic E-state index is 0.414. The van der Waals surface area contributed by atoms with Crippen molar-refractivity contribution < 1.29 is 22.6 Å². The Morgan fingerprint density at radius 1 is 1.06 bits per heavy atom. The van der Waals surface area contributed by atoms with Gasteiger partial charge in [-0.25, -0.2) is 0 Å². The van der Waals surface area contributed by atoms with Crippen molar-refractivity contribution in [3.8, 4) is 0 Å². The van der Waals surface area contributed by atoms with Crippen LogP contribution in [0.4, 0.5) is 0 Å². The van der Waals surface area contributed by atoms with E-state index in [0.717, 1.165) is 0 Å². The molecule has 0 bridgehead atoms. The molecule has 5 nitrogen and oxygen atoms in total. The molecule has 1 N–H and O–H groups in total. The van der Waals surface area contributed by atoms with E-state index in [1.54, 1.807) is 12.2 Å². The molecule has 2 aliphatic rings. The minimum atomic E-state index is -4.45. The van der Waals surface area contributed by atoms with E-state index in [4.69, 9.17) is 4.55 Å². The monoisotopic (exact) mass is 240 g/mol. The van der Waals surface area contributed by atoms with Gasteiger partial charge in [0.05, 0.1) is 10.8 Å². The molecule has 0 radical (unpaired) electrons. The second-order valence-electron chi connectivity index (χ2n) is 3.57. The van der Waals surface area contributed by atoms with Gasteiger partial charge in [-0.2, -0.15) is 8.42 Å². The molecule has 84 valence electrons. The largest absolute Gasteiger partial charge is 0.291 e. The van der Waals surface area contributed by atoms with Crippen molar-refractivity contribution in [2.45, 2.75) is 0 Å². The molecule has 0 amide bonds. The van der Waals surface area contributed by atoms with Crippen LogP contribution < -0.4 is 0 Å². The van der Waals surface area contributed by atoms with Crippen molar-refractivity contribution in [3.63, 3.8) is 0 Å². The summed E-state index contributed by atoms with van der Waals surface area (Å²) in [5.74, 6) is -3.14. The molecule has 0 fully saturated rings. The highest BCUT2D eigenvalue weighted by Crippen LogP contribution is 2.33. The zero-order valence-electron chi connectivity index (χ0n) is 8.03. The number of hydrogen-bond donors (Lipinski definition) is 1. The van der Waals surface area contributed by atoms with Gasteiger partial charge in [0, 0.05) is 12.0 Å². The van der Waals surface area contributed by atoms with Gasteiger partial charge in [-0.1, -0.05) is 24.3 Å². The number of fused-ring (bicyclic) bond motifs is 1. The van der Waals surface area contributed by atoms with E-state index in [1.165, 1.54) is 12.2 Å². The fraction of sp³-hybridized carbons (Fsp3) is 0.200. The predicted molar refractivity (Wildman–Crippen MR) is 54.9 cm³/mol. The molecule has 0 saturated heterocycles. The molecule has 2 aliphatic carbocycles. The number of ketones is 2. The Balaban J connectivity index is 2.59. The highest BCUT2D eigenvalue weighted by atomic mass is 32.2. The fourth-order valence-corrected chi connectivity index (χ4v) is 2.66. The molecule has 0 unspecified atom stereocenters. The van der Waals surface area contributed by atoms with Crippen molar-refractivity contribution >= 4 is 21.7 Å². The molecule has 0 spiro atoms. The van der Waals surface area contributed by atoms with Crippen LogP contribution in [0.25, 0.3) is 0 Å². The van der Waals surface area contributed by atoms with Crippen LogP contribution in [0.3, 0.4) is 0 Å². The van der Waals surface area contributed by atoms with Gasteiger partial charge in [0.1, 0.15) is 0 Å². The van der Waals surface area contributed by atoms with Gasteiger partial charge in [-0.3, -0.25) is 14.1 Å². The molecular weight excluding hydrogens is 232 g/mol. The maximum atomic E-state index is 11.5. The van der Waals surface area contributed by atoms with Crippen LogP contribution in [-0.4, -0.2) is 24.5 Å². The number of carbonyl (C=O) groups excluding carboxylic acids is 2. The predicted octanol–water partition coefficient (Wildman–Crippen LogP) is 0.268. The van der Waals surface area contributed by atoms with E-state index < -0.39 is 38.4 Å². The van der Waals surface area contributed by atoms with Crippen LogP contribution in [-0.2, 0) is 19.7 Å². The van der Waals surface area contributed by atoms with Gasteiger partial charge in [0.2, 0.25) is 11.6 Å². The Morgan fingerprint density at radius 3 is 2.19 bits per heavy atom. The molecule has 2 atom stereocenters. The van der Waals surface area contributed by atoms with E-state index in [9.17, 15) is 18.0 Å². The van der Waals surface area contributed by atoms with Crippen molar-refractivity contribution in [1.29, 1.82) is 0 Å². The van der Waals surface area contributed by atoms with Crippen LogP contribution in [0.2, 0.25) is 0 Å². The Labute approximate surface area is 91.9 Å². The number of hydrogen-bond acceptors (Lipinski definition) is 4. The number of rotatable bonds is 1. The summed E-state index contributed by atoms with van der Waals surface area (Å²) in [6.45, 7) is 0. The van der Waals surface area contributed by atoms with Crippen molar-refractivity contribution in [1.82, 2.24) is 0 Å². The first-order valence-electron chi connectivity index (χ1n) is 4.53. The molecule has 0 aromatic heterocycles. The molecule has 0 aromatic carbocycles. The Bertz CT molecular complexity index is 550. The summed E-state index contributed by atoms with van der Waals surface area (Å²) in [5, 5.41) is 0. The summed E-state index contributed by atoms with van der Waals surface area (Å²) in [6.07, 6.45) is 6.78. The normalized spacial score (nSPS) is 28.9. The van der Waals surface area contributed by atoms with Crippen LogP contribution in [0.5, 0.6) is 0 Å². The van der Waals surface area contributed by atoms with Gasteiger partial charge in [0.25, 0.3) is 10.1 Å². The lowest BCUT2D eigenvalue weighted by molar-refractivity contribution is -0.136. The first kappa shape index (κ1) is 11.0. The second kappa shape index (κ2) is 3.50. The van der Waals surface area contributed by atoms with Gasteiger partial charge in [-0.05, 0) is 0 Å². The summed E-state index contributed by atoms with van der Waals surface area (Å²) >= 11 is 0. The first-order valence-corrected chi connectivity index (χ1v) is 5.97. The van der Waals surface area contributed by atoms with Gasteiger partial charge < -0.3 is 0 Å². The minimum Gasteiger partial charge on any atom is -0.290 e. The average Bonchev–Trinajstić information content (AvgIpc) is 2.22.